The Bertz CT molecular complexity index is 917. The number of nitrogens with zero attached hydrogens (tertiary/aromatic N) is 5. The lowest BCUT2D eigenvalue weighted by Crippen LogP contribution is -2.47. The second-order valence-corrected chi connectivity index (χ2v) is 8.06. The molecule has 7 nitrogen and oxygen atoms in total. The van der Waals surface area contributed by atoms with Crippen molar-refractivity contribution in [1.82, 2.24) is 19.8 Å². The van der Waals surface area contributed by atoms with Gasteiger partial charge in [-0.25, -0.2) is 9.97 Å². The zero-order valence-electron chi connectivity index (χ0n) is 16.5. The van der Waals surface area contributed by atoms with Crippen molar-refractivity contribution >= 4 is 35.1 Å². The highest BCUT2D eigenvalue weighted by molar-refractivity contribution is 6.31. The molecule has 1 amide bonds. The highest BCUT2D eigenvalue weighted by atomic mass is 35.5. The van der Waals surface area contributed by atoms with Gasteiger partial charge < -0.3 is 9.64 Å². The van der Waals surface area contributed by atoms with Crippen molar-refractivity contribution in [3.63, 3.8) is 0 Å². The number of piperazine rings is 1. The van der Waals surface area contributed by atoms with Gasteiger partial charge in [-0.2, -0.15) is 0 Å². The summed E-state index contributed by atoms with van der Waals surface area (Å²) in [5.74, 6) is 1.05. The van der Waals surface area contributed by atoms with Gasteiger partial charge in [0.25, 0.3) is 5.91 Å². The minimum absolute atomic E-state index is 0.170. The van der Waals surface area contributed by atoms with Crippen molar-refractivity contribution in [1.29, 1.82) is 0 Å². The highest BCUT2D eigenvalue weighted by Gasteiger charge is 2.25. The Hall–Kier alpha value is -2.35. The number of halogens is 2. The zero-order valence-corrected chi connectivity index (χ0v) is 18.0. The van der Waals surface area contributed by atoms with Crippen LogP contribution in [0.4, 0.5) is 5.95 Å². The minimum atomic E-state index is -0.170. The van der Waals surface area contributed by atoms with Gasteiger partial charge in [-0.1, -0.05) is 23.2 Å². The van der Waals surface area contributed by atoms with Crippen molar-refractivity contribution in [3.8, 4) is 5.75 Å². The number of fused-ring (bicyclic) bond motifs is 1. The predicted octanol–water partition coefficient (Wildman–Crippen LogP) is 3.60. The summed E-state index contributed by atoms with van der Waals surface area (Å²) in [6.07, 6.45) is 6.77. The molecule has 2 aromatic rings. The first kappa shape index (κ1) is 20.9. The maximum absolute atomic E-state index is 12.9. The van der Waals surface area contributed by atoms with Crippen LogP contribution in [0.15, 0.2) is 48.1 Å². The van der Waals surface area contributed by atoms with E-state index < -0.39 is 0 Å². The van der Waals surface area contributed by atoms with E-state index in [-0.39, 0.29) is 11.1 Å². The lowest BCUT2D eigenvalue weighted by atomic mass is 10.1. The minimum Gasteiger partial charge on any atom is -0.461 e. The Balaban J connectivity index is 1.24. The number of amides is 1. The molecule has 9 heteroatoms. The van der Waals surface area contributed by atoms with Crippen LogP contribution in [0.5, 0.6) is 5.75 Å². The molecule has 0 radical (unpaired) electrons. The van der Waals surface area contributed by atoms with Crippen LogP contribution in [0.3, 0.4) is 0 Å². The monoisotopic (exact) mass is 447 g/mol. The maximum atomic E-state index is 12.9. The SMILES string of the molecule is O=C1c2ccc(Cl)cc2OC=C(Cl)N1CCCCN1CCN(c2ncccn2)CC1. The third kappa shape index (κ3) is 4.86. The first-order valence-corrected chi connectivity index (χ1v) is 10.8. The molecule has 30 heavy (non-hydrogen) atoms. The molecule has 2 aliphatic rings. The average Bonchev–Trinajstić information content (AvgIpc) is 2.89. The second kappa shape index (κ2) is 9.64. The molecule has 0 bridgehead atoms. The van der Waals surface area contributed by atoms with Gasteiger partial charge >= 0.3 is 0 Å². The smallest absolute Gasteiger partial charge is 0.262 e. The molecular weight excluding hydrogens is 425 g/mol. The topological polar surface area (TPSA) is 61.8 Å². The van der Waals surface area contributed by atoms with Gasteiger partial charge in [-0.3, -0.25) is 14.6 Å². The molecule has 2 aliphatic heterocycles. The van der Waals surface area contributed by atoms with Crippen LogP contribution in [-0.2, 0) is 0 Å². The number of carbonyl (C=O) groups excluding carboxylic acids is 1. The Morgan fingerprint density at radius 3 is 2.50 bits per heavy atom. The number of anilines is 1. The summed E-state index contributed by atoms with van der Waals surface area (Å²) >= 11 is 12.3. The van der Waals surface area contributed by atoms with Gasteiger partial charge in [0.15, 0.2) is 0 Å². The van der Waals surface area contributed by atoms with E-state index in [9.17, 15) is 4.79 Å². The summed E-state index contributed by atoms with van der Waals surface area (Å²) in [5, 5.41) is 0.794. The fraction of sp³-hybridized carbons (Fsp3) is 0.381. The van der Waals surface area contributed by atoms with Crippen molar-refractivity contribution in [3.05, 3.63) is 58.7 Å². The van der Waals surface area contributed by atoms with Crippen LogP contribution < -0.4 is 9.64 Å². The normalized spacial score (nSPS) is 17.3. The number of aromatic nitrogens is 2. The van der Waals surface area contributed by atoms with Gasteiger partial charge in [0, 0.05) is 56.2 Å². The van der Waals surface area contributed by atoms with Gasteiger partial charge in [0.1, 0.15) is 17.2 Å². The van der Waals surface area contributed by atoms with Gasteiger partial charge in [-0.05, 0) is 37.6 Å². The first-order valence-electron chi connectivity index (χ1n) is 10.00. The molecule has 158 valence electrons. The Kier molecular flexibility index (Phi) is 6.72. The van der Waals surface area contributed by atoms with E-state index in [2.05, 4.69) is 19.8 Å². The number of hydrogen-bond donors (Lipinski definition) is 0. The lowest BCUT2D eigenvalue weighted by Gasteiger charge is -2.34. The number of benzene rings is 1. The van der Waals surface area contributed by atoms with Crippen LogP contribution in [-0.4, -0.2) is 64.9 Å². The highest BCUT2D eigenvalue weighted by Crippen LogP contribution is 2.30. The largest absolute Gasteiger partial charge is 0.461 e. The summed E-state index contributed by atoms with van der Waals surface area (Å²) in [4.78, 5) is 27.7. The van der Waals surface area contributed by atoms with E-state index in [0.717, 1.165) is 51.5 Å². The molecule has 0 unspecified atom stereocenters. The molecule has 1 aromatic heterocycles. The summed E-state index contributed by atoms with van der Waals surface area (Å²) in [6, 6.07) is 6.81. The summed E-state index contributed by atoms with van der Waals surface area (Å²) < 4.78 is 5.53. The molecule has 1 fully saturated rings. The predicted molar refractivity (Wildman–Crippen MR) is 117 cm³/mol. The Morgan fingerprint density at radius 2 is 1.73 bits per heavy atom. The number of ether oxygens (including phenoxy) is 1. The van der Waals surface area contributed by atoms with E-state index in [1.54, 1.807) is 35.5 Å². The lowest BCUT2D eigenvalue weighted by molar-refractivity contribution is 0.0814. The van der Waals surface area contributed by atoms with E-state index in [1.807, 2.05) is 6.07 Å². The van der Waals surface area contributed by atoms with Crippen molar-refractivity contribution in [2.24, 2.45) is 0 Å². The molecule has 0 aliphatic carbocycles. The molecule has 1 saturated heterocycles. The molecule has 1 aromatic carbocycles. The molecule has 0 N–H and O–H groups in total. The van der Waals surface area contributed by atoms with E-state index in [1.165, 1.54) is 6.26 Å². The Morgan fingerprint density at radius 1 is 1.00 bits per heavy atom. The van der Waals surface area contributed by atoms with Crippen LogP contribution in [0.25, 0.3) is 0 Å². The fourth-order valence-electron chi connectivity index (χ4n) is 3.63. The second-order valence-electron chi connectivity index (χ2n) is 7.24. The molecular formula is C21H23Cl2N5O2. The molecule has 0 saturated carbocycles. The number of rotatable bonds is 6. The first-order chi connectivity index (χ1) is 14.6. The van der Waals surface area contributed by atoms with Gasteiger partial charge in [-0.15, -0.1) is 0 Å². The van der Waals surface area contributed by atoms with Crippen LogP contribution in [0, 0.1) is 0 Å². The van der Waals surface area contributed by atoms with E-state index in [4.69, 9.17) is 27.9 Å². The summed E-state index contributed by atoms with van der Waals surface area (Å²) in [5.41, 5.74) is 0.463. The van der Waals surface area contributed by atoms with Crippen LogP contribution in [0.2, 0.25) is 5.02 Å². The van der Waals surface area contributed by atoms with Crippen LogP contribution in [0.1, 0.15) is 23.2 Å². The summed E-state index contributed by atoms with van der Waals surface area (Å²) in [7, 11) is 0. The van der Waals surface area contributed by atoms with Crippen molar-refractivity contribution in [2.75, 3.05) is 44.2 Å². The average molecular weight is 448 g/mol. The molecule has 0 spiro atoms. The van der Waals surface area contributed by atoms with E-state index in [0.29, 0.717) is 22.9 Å². The van der Waals surface area contributed by atoms with Gasteiger partial charge in [0.05, 0.1) is 5.56 Å². The number of unbranched alkanes of at least 4 members (excludes halogenated alkanes) is 1. The fourth-order valence-corrected chi connectivity index (χ4v) is 4.00. The van der Waals surface area contributed by atoms with Crippen molar-refractivity contribution in [2.45, 2.75) is 12.8 Å². The number of hydrogen-bond acceptors (Lipinski definition) is 6. The quantitative estimate of drug-likeness (QED) is 0.497. The molecule has 0 atom stereocenters. The maximum Gasteiger partial charge on any atom is 0.262 e. The zero-order chi connectivity index (χ0) is 20.9. The van der Waals surface area contributed by atoms with Crippen LogP contribution >= 0.6 is 23.2 Å². The standard InChI is InChI=1S/C21H23Cl2N5O2/c22-16-4-5-17-18(14-16)30-15-19(23)28(20(17)29)9-2-1-8-26-10-12-27(13-11-26)21-24-6-3-7-25-21/h3-7,14-15H,1-2,8-13H2. The van der Waals surface area contributed by atoms with Gasteiger partial charge in [0.2, 0.25) is 5.95 Å². The van der Waals surface area contributed by atoms with E-state index >= 15 is 0 Å². The Labute approximate surface area is 185 Å². The van der Waals surface area contributed by atoms with Crippen molar-refractivity contribution < 1.29 is 9.53 Å². The third-order valence-electron chi connectivity index (χ3n) is 5.27. The summed E-state index contributed by atoms with van der Waals surface area (Å²) in [6.45, 7) is 5.31. The third-order valence-corrected chi connectivity index (χ3v) is 5.80. The number of carbonyl (C=O) groups is 1. The molecule has 3 heterocycles. The molecule has 4 rings (SSSR count).